The Morgan fingerprint density at radius 1 is 0.872 bits per heavy atom. The zero-order valence-electron chi connectivity index (χ0n) is 21.3. The lowest BCUT2D eigenvalue weighted by Crippen LogP contribution is -2.29. The molecule has 0 aliphatic carbocycles. The molecule has 2 amide bonds. The van der Waals surface area contributed by atoms with Gasteiger partial charge in [0.1, 0.15) is 4.32 Å². The number of carbonyl (C=O) groups excluding carboxylic acids is 3. The van der Waals surface area contributed by atoms with E-state index in [9.17, 15) is 14.4 Å². The number of para-hydroxylation sites is 2. The smallest absolute Gasteiger partial charge is 0.337 e. The van der Waals surface area contributed by atoms with Gasteiger partial charge in [0, 0.05) is 22.8 Å². The molecule has 3 aromatic rings. The van der Waals surface area contributed by atoms with Crippen LogP contribution in [0.5, 0.6) is 0 Å². The number of hydrogen-bond acceptors (Lipinski definition) is 7. The van der Waals surface area contributed by atoms with Crippen molar-refractivity contribution in [3.8, 4) is 0 Å². The van der Waals surface area contributed by atoms with Gasteiger partial charge in [0.15, 0.2) is 0 Å². The molecule has 0 saturated carbocycles. The van der Waals surface area contributed by atoms with Gasteiger partial charge in [0.2, 0.25) is 5.91 Å². The maximum atomic E-state index is 13.3. The predicted molar refractivity (Wildman–Crippen MR) is 160 cm³/mol. The third-order valence-corrected chi connectivity index (χ3v) is 8.97. The third kappa shape index (κ3) is 5.95. The Bertz CT molecular complexity index is 1420. The molecule has 2 aliphatic rings. The molecule has 0 atom stereocenters. The quantitative estimate of drug-likeness (QED) is 0.123. The van der Waals surface area contributed by atoms with E-state index in [4.69, 9.17) is 17.0 Å². The van der Waals surface area contributed by atoms with Gasteiger partial charge in [-0.3, -0.25) is 19.4 Å². The highest BCUT2D eigenvalue weighted by Crippen LogP contribution is 2.48. The van der Waals surface area contributed by atoms with Gasteiger partial charge in [0.25, 0.3) is 5.91 Å². The molecule has 9 heteroatoms. The average molecular weight is 575 g/mol. The number of fused-ring (bicyclic) bond motifs is 2. The number of esters is 1. The monoisotopic (exact) mass is 574 g/mol. The molecule has 0 aromatic heterocycles. The van der Waals surface area contributed by atoms with Gasteiger partial charge in [-0.2, -0.15) is 0 Å². The molecule has 3 aromatic carbocycles. The van der Waals surface area contributed by atoms with Crippen LogP contribution in [0.3, 0.4) is 0 Å². The Morgan fingerprint density at radius 3 is 2.15 bits per heavy atom. The van der Waals surface area contributed by atoms with E-state index in [2.05, 4.69) is 0 Å². The van der Waals surface area contributed by atoms with E-state index in [0.717, 1.165) is 46.0 Å². The first-order valence-electron chi connectivity index (χ1n) is 12.6. The lowest BCUT2D eigenvalue weighted by atomic mass is 10.1. The number of nitrogens with zero attached hydrogens (tertiary/aromatic N) is 2. The van der Waals surface area contributed by atoms with Crippen molar-refractivity contribution in [1.29, 1.82) is 0 Å². The molecule has 2 heterocycles. The maximum absolute atomic E-state index is 13.3. The summed E-state index contributed by atoms with van der Waals surface area (Å²) < 4.78 is 5.26. The van der Waals surface area contributed by atoms with Crippen LogP contribution < -0.4 is 4.90 Å². The Labute approximate surface area is 241 Å². The van der Waals surface area contributed by atoms with Crippen molar-refractivity contribution in [2.45, 2.75) is 35.5 Å². The van der Waals surface area contributed by atoms with Crippen molar-refractivity contribution in [1.82, 2.24) is 4.90 Å². The summed E-state index contributed by atoms with van der Waals surface area (Å²) in [6.45, 7) is 0.517. The lowest BCUT2D eigenvalue weighted by molar-refractivity contribution is -0.122. The normalized spacial score (nSPS) is 15.4. The summed E-state index contributed by atoms with van der Waals surface area (Å²) in [7, 11) is 1.34. The molecule has 1 fully saturated rings. The van der Waals surface area contributed by atoms with Crippen LogP contribution in [0, 0.1) is 0 Å². The van der Waals surface area contributed by atoms with Crippen LogP contribution in [0.1, 0.15) is 41.6 Å². The average Bonchev–Trinajstić information content (AvgIpc) is 3.22. The highest BCUT2D eigenvalue weighted by atomic mass is 32.2. The first-order valence-corrected chi connectivity index (χ1v) is 14.6. The van der Waals surface area contributed by atoms with Gasteiger partial charge >= 0.3 is 5.97 Å². The minimum atomic E-state index is -0.404. The van der Waals surface area contributed by atoms with Crippen LogP contribution in [0.4, 0.5) is 11.4 Å². The van der Waals surface area contributed by atoms with E-state index in [0.29, 0.717) is 27.8 Å². The number of amides is 2. The Hall–Kier alpha value is -3.40. The lowest BCUT2D eigenvalue weighted by Gasteiger charge is -2.31. The molecule has 6 nitrogen and oxygen atoms in total. The van der Waals surface area contributed by atoms with E-state index in [1.807, 2.05) is 53.4 Å². The number of rotatable bonds is 8. The Morgan fingerprint density at radius 2 is 1.51 bits per heavy atom. The second kappa shape index (κ2) is 12.2. The van der Waals surface area contributed by atoms with E-state index in [1.165, 1.54) is 18.9 Å². The minimum Gasteiger partial charge on any atom is -0.465 e. The number of carbonyl (C=O) groups is 3. The van der Waals surface area contributed by atoms with Crippen LogP contribution in [0.2, 0.25) is 0 Å². The van der Waals surface area contributed by atoms with Gasteiger partial charge in [-0.25, -0.2) is 4.79 Å². The van der Waals surface area contributed by atoms with Crippen molar-refractivity contribution >= 4 is 75.3 Å². The largest absolute Gasteiger partial charge is 0.465 e. The summed E-state index contributed by atoms with van der Waals surface area (Å²) in [6.07, 6.45) is 4.50. The number of ether oxygens (including phenoxy) is 1. The van der Waals surface area contributed by atoms with Crippen molar-refractivity contribution in [2.75, 3.05) is 18.6 Å². The van der Waals surface area contributed by atoms with E-state index in [1.54, 1.807) is 47.0 Å². The van der Waals surface area contributed by atoms with Gasteiger partial charge in [-0.05, 0) is 60.9 Å². The molecule has 198 valence electrons. The van der Waals surface area contributed by atoms with Crippen molar-refractivity contribution in [3.63, 3.8) is 0 Å². The summed E-state index contributed by atoms with van der Waals surface area (Å²) in [5, 5.41) is 0. The topological polar surface area (TPSA) is 66.9 Å². The summed E-state index contributed by atoms with van der Waals surface area (Å²) in [6, 6.07) is 22.9. The number of hydrogen-bond donors (Lipinski definition) is 0. The molecule has 1 saturated heterocycles. The van der Waals surface area contributed by atoms with Crippen LogP contribution in [-0.4, -0.2) is 40.7 Å². The van der Waals surface area contributed by atoms with E-state index >= 15 is 0 Å². The summed E-state index contributed by atoms with van der Waals surface area (Å²) in [4.78, 5) is 44.1. The molecule has 5 rings (SSSR count). The molecule has 39 heavy (non-hydrogen) atoms. The predicted octanol–water partition coefficient (Wildman–Crippen LogP) is 7.06. The van der Waals surface area contributed by atoms with Crippen LogP contribution in [0.25, 0.3) is 6.08 Å². The first-order chi connectivity index (χ1) is 19.0. The van der Waals surface area contributed by atoms with Crippen molar-refractivity contribution in [2.24, 2.45) is 0 Å². The number of thioether (sulfide) groups is 1. The van der Waals surface area contributed by atoms with Gasteiger partial charge < -0.3 is 4.74 Å². The zero-order valence-corrected chi connectivity index (χ0v) is 23.7. The second-order valence-corrected chi connectivity index (χ2v) is 11.8. The molecular formula is C30H26N2O4S3. The molecule has 2 aliphatic heterocycles. The Kier molecular flexibility index (Phi) is 8.50. The SMILES string of the molecule is COC(=O)c1ccc(C=C2SC(=S)N(CCCCCC(=O)N3c4ccccc4Sc4ccccc43)C2=O)cc1. The number of benzene rings is 3. The highest BCUT2D eigenvalue weighted by molar-refractivity contribution is 8.26. The standard InChI is InChI=1S/C30H26N2O4S3/c1-36-29(35)21-16-14-20(15-17-21)19-26-28(34)31(30(37)39-26)18-8-2-3-13-27(33)32-22-9-4-6-11-24(22)38-25-12-7-5-10-23(25)32/h4-7,9-12,14-17,19H,2-3,8,13,18H2,1H3. The molecule has 0 spiro atoms. The fraction of sp³-hybridized carbons (Fsp3) is 0.200. The van der Waals surface area contributed by atoms with Crippen LogP contribution in [-0.2, 0) is 14.3 Å². The number of methoxy groups -OCH3 is 1. The fourth-order valence-corrected chi connectivity index (χ4v) is 6.85. The summed E-state index contributed by atoms with van der Waals surface area (Å²) >= 11 is 8.43. The minimum absolute atomic E-state index is 0.0713. The second-order valence-electron chi connectivity index (χ2n) is 9.02. The van der Waals surface area contributed by atoms with E-state index in [-0.39, 0.29) is 11.8 Å². The number of thiocarbonyl (C=S) groups is 1. The summed E-state index contributed by atoms with van der Waals surface area (Å²) in [5.41, 5.74) is 3.11. The first kappa shape index (κ1) is 27.2. The van der Waals surface area contributed by atoms with Gasteiger partial charge in [0.05, 0.1) is 29.0 Å². The zero-order chi connectivity index (χ0) is 27.4. The van der Waals surface area contributed by atoms with Gasteiger partial charge in [-0.1, -0.05) is 78.6 Å². The third-order valence-electron chi connectivity index (χ3n) is 6.46. The molecular weight excluding hydrogens is 549 g/mol. The fourth-order valence-electron chi connectivity index (χ4n) is 4.49. The summed E-state index contributed by atoms with van der Waals surface area (Å²) in [5.74, 6) is -0.446. The van der Waals surface area contributed by atoms with Crippen molar-refractivity contribution in [3.05, 3.63) is 88.8 Å². The maximum Gasteiger partial charge on any atom is 0.337 e. The molecule has 0 unspecified atom stereocenters. The molecule has 0 N–H and O–H groups in total. The van der Waals surface area contributed by atoms with Crippen molar-refractivity contribution < 1.29 is 19.1 Å². The van der Waals surface area contributed by atoms with Crippen LogP contribution >= 0.6 is 35.7 Å². The Balaban J connectivity index is 1.14. The molecule has 0 bridgehead atoms. The number of anilines is 2. The van der Waals surface area contributed by atoms with E-state index < -0.39 is 5.97 Å². The van der Waals surface area contributed by atoms with Gasteiger partial charge in [-0.15, -0.1) is 0 Å². The number of unbranched alkanes of at least 4 members (excludes halogenated alkanes) is 2. The van der Waals surface area contributed by atoms with Crippen LogP contribution in [0.15, 0.2) is 87.5 Å². The molecule has 0 radical (unpaired) electrons. The highest BCUT2D eigenvalue weighted by Gasteiger charge is 2.32.